The molecule has 1 N–H and O–H groups in total. The van der Waals surface area contributed by atoms with Crippen molar-refractivity contribution in [3.63, 3.8) is 0 Å². The number of hydrogen-bond acceptors (Lipinski definition) is 2. The van der Waals surface area contributed by atoms with Gasteiger partial charge in [0, 0.05) is 5.41 Å². The molecule has 0 spiro atoms. The van der Waals surface area contributed by atoms with Crippen LogP contribution >= 0.6 is 0 Å². The number of aliphatic hydroxyl groups is 1. The van der Waals surface area contributed by atoms with E-state index in [1.165, 1.54) is 32.1 Å². The van der Waals surface area contributed by atoms with Crippen LogP contribution in [-0.4, -0.2) is 23.9 Å². The van der Waals surface area contributed by atoms with Crippen LogP contribution in [0.5, 0.6) is 0 Å². The highest BCUT2D eigenvalue weighted by atomic mass is 16.5. The van der Waals surface area contributed by atoms with Crippen LogP contribution in [0.3, 0.4) is 0 Å². The summed E-state index contributed by atoms with van der Waals surface area (Å²) in [5.41, 5.74) is 2.40. The molecule has 22 heavy (non-hydrogen) atoms. The number of hydrogen-bond donors (Lipinski definition) is 1. The quantitative estimate of drug-likeness (QED) is 0.675. The topological polar surface area (TPSA) is 29.5 Å². The Labute approximate surface area is 135 Å². The Balaban J connectivity index is 1.73. The molecule has 0 aromatic rings. The second-order valence-electron chi connectivity index (χ2n) is 9.67. The summed E-state index contributed by atoms with van der Waals surface area (Å²) in [5.74, 6) is 1.48. The smallest absolute Gasteiger partial charge is 0.0868 e. The van der Waals surface area contributed by atoms with E-state index < -0.39 is 0 Å². The number of allylic oxidation sites excluding steroid dienone is 1. The zero-order chi connectivity index (χ0) is 15.8. The van der Waals surface area contributed by atoms with Crippen molar-refractivity contribution in [1.82, 2.24) is 0 Å². The molecule has 0 aromatic carbocycles. The van der Waals surface area contributed by atoms with Crippen molar-refractivity contribution in [1.29, 1.82) is 0 Å². The molecule has 0 aromatic heterocycles. The van der Waals surface area contributed by atoms with E-state index in [0.717, 1.165) is 12.3 Å². The molecule has 0 bridgehead atoms. The van der Waals surface area contributed by atoms with E-state index in [1.807, 2.05) is 0 Å². The van der Waals surface area contributed by atoms with Crippen LogP contribution < -0.4 is 0 Å². The minimum atomic E-state index is -0.285. The normalized spacial score (nSPS) is 53.2. The second kappa shape index (κ2) is 4.60. The van der Waals surface area contributed by atoms with Gasteiger partial charge in [-0.3, -0.25) is 0 Å². The Morgan fingerprint density at radius 3 is 2.64 bits per heavy atom. The predicted molar refractivity (Wildman–Crippen MR) is 88.5 cm³/mol. The fourth-order valence-electron chi connectivity index (χ4n) is 6.71. The summed E-state index contributed by atoms with van der Waals surface area (Å²) < 4.78 is 6.10. The van der Waals surface area contributed by atoms with Gasteiger partial charge in [0.1, 0.15) is 0 Å². The van der Waals surface area contributed by atoms with E-state index >= 15 is 0 Å². The molecule has 4 aliphatic rings. The van der Waals surface area contributed by atoms with Crippen molar-refractivity contribution in [3.05, 3.63) is 11.6 Å². The summed E-state index contributed by atoms with van der Waals surface area (Å²) in [7, 11) is 0. The van der Waals surface area contributed by atoms with Crippen molar-refractivity contribution in [2.45, 2.75) is 78.4 Å². The first-order valence-electron chi connectivity index (χ1n) is 9.29. The second-order valence-corrected chi connectivity index (χ2v) is 9.67. The van der Waals surface area contributed by atoms with E-state index in [4.69, 9.17) is 4.74 Å². The van der Waals surface area contributed by atoms with Gasteiger partial charge in [-0.25, -0.2) is 0 Å². The van der Waals surface area contributed by atoms with E-state index in [-0.39, 0.29) is 17.6 Å². The SMILES string of the molecule is CC1(C)CCC[C@]2(C)[C@@H]3CC[C@@]4(C)[C@H](OC[C@@H]4O)C3=CC[C@@H]12. The Kier molecular flexibility index (Phi) is 3.18. The molecule has 6 atom stereocenters. The molecular formula is C20H32O2. The fraction of sp³-hybridized carbons (Fsp3) is 0.900. The maximum Gasteiger partial charge on any atom is 0.0868 e. The monoisotopic (exact) mass is 304 g/mol. The lowest BCUT2D eigenvalue weighted by molar-refractivity contribution is -0.0729. The Morgan fingerprint density at radius 2 is 1.86 bits per heavy atom. The lowest BCUT2D eigenvalue weighted by atomic mass is 9.45. The van der Waals surface area contributed by atoms with Gasteiger partial charge in [0.05, 0.1) is 18.8 Å². The number of fused-ring (bicyclic) bond motifs is 5. The molecule has 1 heterocycles. The summed E-state index contributed by atoms with van der Waals surface area (Å²) >= 11 is 0. The molecule has 0 unspecified atom stereocenters. The zero-order valence-corrected chi connectivity index (χ0v) is 14.7. The maximum absolute atomic E-state index is 10.4. The zero-order valence-electron chi connectivity index (χ0n) is 14.7. The van der Waals surface area contributed by atoms with Crippen LogP contribution in [0, 0.1) is 28.1 Å². The molecule has 2 nitrogen and oxygen atoms in total. The van der Waals surface area contributed by atoms with Gasteiger partial charge in [-0.15, -0.1) is 0 Å². The van der Waals surface area contributed by atoms with Gasteiger partial charge in [-0.1, -0.05) is 40.2 Å². The average molecular weight is 304 g/mol. The minimum absolute atomic E-state index is 0.0459. The Morgan fingerprint density at radius 1 is 1.09 bits per heavy atom. The number of aliphatic hydroxyl groups excluding tert-OH is 1. The Bertz CT molecular complexity index is 508. The lowest BCUT2D eigenvalue weighted by Gasteiger charge is -2.60. The van der Waals surface area contributed by atoms with E-state index in [9.17, 15) is 5.11 Å². The molecule has 4 rings (SSSR count). The van der Waals surface area contributed by atoms with Crippen LogP contribution in [0.25, 0.3) is 0 Å². The molecule has 2 heteroatoms. The highest BCUT2D eigenvalue weighted by molar-refractivity contribution is 5.29. The van der Waals surface area contributed by atoms with Gasteiger partial charge in [0.2, 0.25) is 0 Å². The van der Waals surface area contributed by atoms with Crippen molar-refractivity contribution < 1.29 is 9.84 Å². The van der Waals surface area contributed by atoms with Crippen molar-refractivity contribution in [3.8, 4) is 0 Å². The van der Waals surface area contributed by atoms with E-state index in [0.29, 0.717) is 23.4 Å². The third kappa shape index (κ3) is 1.80. The minimum Gasteiger partial charge on any atom is -0.390 e. The molecule has 0 amide bonds. The van der Waals surface area contributed by atoms with Crippen LogP contribution in [0.1, 0.15) is 66.2 Å². The summed E-state index contributed by atoms with van der Waals surface area (Å²) in [6.07, 6.45) is 10.1. The third-order valence-corrected chi connectivity index (χ3v) is 8.12. The molecule has 1 aliphatic heterocycles. The van der Waals surface area contributed by atoms with Crippen molar-refractivity contribution in [2.75, 3.05) is 6.61 Å². The molecule has 0 radical (unpaired) electrons. The van der Waals surface area contributed by atoms with Crippen LogP contribution in [0.2, 0.25) is 0 Å². The maximum atomic E-state index is 10.4. The van der Waals surface area contributed by atoms with Crippen LogP contribution in [0.15, 0.2) is 11.6 Å². The number of rotatable bonds is 0. The highest BCUT2D eigenvalue weighted by Gasteiger charge is 2.60. The molecule has 3 aliphatic carbocycles. The van der Waals surface area contributed by atoms with E-state index in [1.54, 1.807) is 5.57 Å². The average Bonchev–Trinajstić information content (AvgIpc) is 2.74. The summed E-state index contributed by atoms with van der Waals surface area (Å²) in [6, 6.07) is 0. The number of ether oxygens (including phenoxy) is 1. The Hall–Kier alpha value is -0.340. The van der Waals surface area contributed by atoms with Crippen LogP contribution in [0.4, 0.5) is 0 Å². The van der Waals surface area contributed by atoms with Crippen molar-refractivity contribution in [2.24, 2.45) is 28.1 Å². The molecule has 3 fully saturated rings. The molecule has 124 valence electrons. The first kappa shape index (κ1) is 15.2. The fourth-order valence-corrected chi connectivity index (χ4v) is 6.71. The summed E-state index contributed by atoms with van der Waals surface area (Å²) in [6.45, 7) is 10.3. The lowest BCUT2D eigenvalue weighted by Crippen LogP contribution is -2.54. The van der Waals surface area contributed by atoms with Gasteiger partial charge in [0.25, 0.3) is 0 Å². The van der Waals surface area contributed by atoms with Crippen molar-refractivity contribution >= 4 is 0 Å². The molecule has 2 saturated carbocycles. The van der Waals surface area contributed by atoms with Gasteiger partial charge < -0.3 is 9.84 Å². The summed E-state index contributed by atoms with van der Waals surface area (Å²) in [4.78, 5) is 0. The highest BCUT2D eigenvalue weighted by Crippen LogP contribution is 2.64. The standard InChI is InChI=1S/C20H32O2/c1-18(2)9-5-10-19(3)14-8-11-20(4)16(21)12-22-17(20)13(14)6-7-15(18)19/h6,14-17,21H,5,7-12H2,1-4H3/t14-,15+,16+,17-,19-,20-/m1/s1. The van der Waals surface area contributed by atoms with Gasteiger partial charge in [-0.2, -0.15) is 0 Å². The first-order chi connectivity index (χ1) is 10.3. The third-order valence-electron chi connectivity index (χ3n) is 8.12. The van der Waals surface area contributed by atoms with Gasteiger partial charge >= 0.3 is 0 Å². The largest absolute Gasteiger partial charge is 0.390 e. The van der Waals surface area contributed by atoms with Gasteiger partial charge in [-0.05, 0) is 60.3 Å². The predicted octanol–water partition coefficient (Wildman–Crippen LogP) is 4.33. The van der Waals surface area contributed by atoms with E-state index in [2.05, 4.69) is 33.8 Å². The molecular weight excluding hydrogens is 272 g/mol. The molecule has 1 saturated heterocycles. The summed E-state index contributed by atoms with van der Waals surface area (Å²) in [5, 5.41) is 10.4. The van der Waals surface area contributed by atoms with Gasteiger partial charge in [0.15, 0.2) is 0 Å². The first-order valence-corrected chi connectivity index (χ1v) is 9.29. The van der Waals surface area contributed by atoms with Crippen LogP contribution in [-0.2, 0) is 4.74 Å².